The molecule has 0 spiro atoms. The quantitative estimate of drug-likeness (QED) is 0.156. The molecule has 76 heavy (non-hydrogen) atoms. The Morgan fingerprint density at radius 2 is 0.605 bits per heavy atom. The molecule has 0 radical (unpaired) electrons. The zero-order valence-corrected chi connectivity index (χ0v) is 41.3. The molecule has 354 valence electrons. The minimum absolute atomic E-state index is 0.0213. The van der Waals surface area contributed by atoms with Gasteiger partial charge in [-0.3, -0.25) is 0 Å². The molecule has 4 heterocycles. The summed E-state index contributed by atoms with van der Waals surface area (Å²) < 4.78 is 7.31. The monoisotopic (exact) mass is 966 g/mol. The Morgan fingerprint density at radius 1 is 0.250 bits per heavy atom. The van der Waals surface area contributed by atoms with E-state index >= 15 is 0 Å². The lowest BCUT2D eigenvalue weighted by Crippen LogP contribution is -2.05. The highest BCUT2D eigenvalue weighted by atomic mass is 15.0. The van der Waals surface area contributed by atoms with Crippen molar-refractivity contribution >= 4 is 65.4 Å². The van der Waals surface area contributed by atoms with Crippen molar-refractivity contribution in [3.63, 3.8) is 0 Å². The summed E-state index contributed by atoms with van der Waals surface area (Å²) in [6.45, 7) is 0. The molecule has 11 aromatic carbocycles. The van der Waals surface area contributed by atoms with Crippen molar-refractivity contribution in [2.45, 2.75) is 5.92 Å². The highest BCUT2D eigenvalue weighted by molar-refractivity contribution is 6.12. The van der Waals surface area contributed by atoms with Crippen molar-refractivity contribution in [1.29, 1.82) is 0 Å². The zero-order chi connectivity index (χ0) is 49.8. The van der Waals surface area contributed by atoms with Crippen LogP contribution in [0.2, 0.25) is 0 Å². The highest BCUT2D eigenvalue weighted by Crippen LogP contribution is 2.51. The Bertz CT molecular complexity index is 4630. The number of para-hydroxylation sites is 6. The number of nitrogens with zero attached hydrogens (tertiary/aromatic N) is 4. The Hall–Kier alpha value is -10.0. The Labute approximate surface area is 439 Å². The molecule has 0 amide bonds. The van der Waals surface area contributed by atoms with Gasteiger partial charge in [0.1, 0.15) is 0 Å². The van der Waals surface area contributed by atoms with Crippen molar-refractivity contribution < 1.29 is 0 Å². The molecule has 0 N–H and O–H groups in total. The van der Waals surface area contributed by atoms with Crippen LogP contribution in [0.25, 0.3) is 127 Å². The van der Waals surface area contributed by atoms with Gasteiger partial charge >= 0.3 is 0 Å². The van der Waals surface area contributed by atoms with Crippen LogP contribution in [-0.4, -0.2) is 18.7 Å². The van der Waals surface area contributed by atoms with Gasteiger partial charge in [-0.1, -0.05) is 194 Å². The number of fused-ring (bicyclic) bond motifs is 12. The van der Waals surface area contributed by atoms with Gasteiger partial charge < -0.3 is 13.7 Å². The summed E-state index contributed by atoms with van der Waals surface area (Å²) in [7, 11) is 0. The third-order valence-electron chi connectivity index (χ3n) is 16.1. The Balaban J connectivity index is 1.02. The molecule has 0 saturated heterocycles. The first-order valence-corrected chi connectivity index (χ1v) is 26.2. The third kappa shape index (κ3) is 6.34. The summed E-state index contributed by atoms with van der Waals surface area (Å²) in [4.78, 5) is 6.04. The van der Waals surface area contributed by atoms with E-state index in [1.54, 1.807) is 0 Å². The molecule has 4 heteroatoms. The first-order valence-electron chi connectivity index (χ1n) is 26.2. The van der Waals surface area contributed by atoms with Crippen LogP contribution < -0.4 is 0 Å². The fourth-order valence-corrected chi connectivity index (χ4v) is 12.9. The number of hydrogen-bond donors (Lipinski definition) is 0. The average molecular weight is 967 g/mol. The van der Waals surface area contributed by atoms with Crippen LogP contribution in [0.5, 0.6) is 0 Å². The van der Waals surface area contributed by atoms with Gasteiger partial charge in [-0.05, 0) is 118 Å². The SMILES string of the molecule is c1ccc(-c2cc(-c3cc(-n4c5ccccc5c5ccccc54)ccc3C3c4ccccc4-c4ccccc43)nc(-c3cc(-n4c5ccccc5c5ccccc54)ccc3-n3c4ccccc4c4ccccc43)c2)cc1. The van der Waals surface area contributed by atoms with E-state index in [2.05, 4.69) is 287 Å². The molecule has 1 aliphatic carbocycles. The maximum absolute atomic E-state index is 6.04. The fourth-order valence-electron chi connectivity index (χ4n) is 12.9. The van der Waals surface area contributed by atoms with Gasteiger partial charge in [0, 0.05) is 60.7 Å². The summed E-state index contributed by atoms with van der Waals surface area (Å²) in [5.74, 6) is -0.0213. The molecule has 16 rings (SSSR count). The van der Waals surface area contributed by atoms with Crippen molar-refractivity contribution in [1.82, 2.24) is 18.7 Å². The standard InChI is InChI=1S/C72H46N4/c1-2-20-46(21-3-1)47-42-63(61-44-48(74-65-32-14-8-24-52(65)53-25-9-15-33-66(53)74)38-40-60(61)72-58-30-6-4-22-50(58)51-23-5-7-31-59(51)72)73-64(43-47)62-45-49(75-67-34-16-10-26-54(67)55-27-11-17-35-68(55)75)39-41-71(62)76-69-36-18-12-28-56(69)57-29-13-19-37-70(57)76/h1-45,72H. The maximum Gasteiger partial charge on any atom is 0.0737 e. The van der Waals surface area contributed by atoms with Gasteiger partial charge in [0.25, 0.3) is 0 Å². The van der Waals surface area contributed by atoms with Crippen LogP contribution in [0.1, 0.15) is 22.6 Å². The molecular formula is C72H46N4. The predicted octanol–water partition coefficient (Wildman–Crippen LogP) is 18.5. The van der Waals surface area contributed by atoms with Crippen LogP contribution in [-0.2, 0) is 0 Å². The Morgan fingerprint density at radius 3 is 1.08 bits per heavy atom. The van der Waals surface area contributed by atoms with E-state index in [9.17, 15) is 0 Å². The molecule has 0 atom stereocenters. The number of aromatic nitrogens is 4. The minimum atomic E-state index is -0.0213. The van der Waals surface area contributed by atoms with Crippen molar-refractivity contribution in [2.75, 3.05) is 0 Å². The van der Waals surface area contributed by atoms with Crippen LogP contribution in [0.4, 0.5) is 0 Å². The molecule has 0 aliphatic heterocycles. The molecule has 4 nitrogen and oxygen atoms in total. The van der Waals surface area contributed by atoms with Crippen LogP contribution >= 0.6 is 0 Å². The van der Waals surface area contributed by atoms with Crippen LogP contribution in [0, 0.1) is 0 Å². The Kier molecular flexibility index (Phi) is 9.36. The molecule has 15 aromatic rings. The van der Waals surface area contributed by atoms with E-state index in [1.807, 2.05) is 0 Å². The number of benzene rings is 11. The van der Waals surface area contributed by atoms with Crippen molar-refractivity contribution in [3.8, 4) is 61.8 Å². The van der Waals surface area contributed by atoms with E-state index < -0.39 is 0 Å². The average Bonchev–Trinajstić information content (AvgIpc) is 4.36. The van der Waals surface area contributed by atoms with Crippen molar-refractivity contribution in [3.05, 3.63) is 290 Å². The molecule has 0 unspecified atom stereocenters. The first kappa shape index (κ1) is 42.5. The summed E-state index contributed by atoms with van der Waals surface area (Å²) in [5.41, 5.74) is 22.7. The molecular weight excluding hydrogens is 921 g/mol. The van der Waals surface area contributed by atoms with Gasteiger partial charge in [-0.2, -0.15) is 0 Å². The van der Waals surface area contributed by atoms with Crippen molar-refractivity contribution in [2.24, 2.45) is 0 Å². The summed E-state index contributed by atoms with van der Waals surface area (Å²) in [6.07, 6.45) is 0. The van der Waals surface area contributed by atoms with Gasteiger partial charge in [0.2, 0.25) is 0 Å². The van der Waals surface area contributed by atoms with Crippen LogP contribution in [0.15, 0.2) is 273 Å². The smallest absolute Gasteiger partial charge is 0.0737 e. The zero-order valence-electron chi connectivity index (χ0n) is 41.3. The van der Waals surface area contributed by atoms with Gasteiger partial charge in [0.05, 0.1) is 50.2 Å². The summed E-state index contributed by atoms with van der Waals surface area (Å²) in [5, 5.41) is 7.34. The molecule has 1 aliphatic rings. The second-order valence-electron chi connectivity index (χ2n) is 20.2. The lowest BCUT2D eigenvalue weighted by molar-refractivity contribution is 1.01. The van der Waals surface area contributed by atoms with E-state index in [0.717, 1.165) is 72.8 Å². The highest BCUT2D eigenvalue weighted by Gasteiger charge is 2.32. The molecule has 0 bridgehead atoms. The second kappa shape index (κ2) is 16.8. The van der Waals surface area contributed by atoms with Crippen LogP contribution in [0.3, 0.4) is 0 Å². The minimum Gasteiger partial charge on any atom is -0.309 e. The van der Waals surface area contributed by atoms with E-state index in [1.165, 1.54) is 71.2 Å². The predicted molar refractivity (Wildman–Crippen MR) is 316 cm³/mol. The van der Waals surface area contributed by atoms with E-state index in [4.69, 9.17) is 4.98 Å². The molecule has 0 saturated carbocycles. The maximum atomic E-state index is 6.04. The number of hydrogen-bond acceptors (Lipinski definition) is 1. The summed E-state index contributed by atoms with van der Waals surface area (Å²) >= 11 is 0. The normalized spacial score (nSPS) is 12.4. The fraction of sp³-hybridized carbons (Fsp3) is 0.0139. The van der Waals surface area contributed by atoms with Gasteiger partial charge in [0.15, 0.2) is 0 Å². The molecule has 0 fully saturated rings. The lowest BCUT2D eigenvalue weighted by atomic mass is 9.84. The van der Waals surface area contributed by atoms with Gasteiger partial charge in [-0.25, -0.2) is 4.98 Å². The van der Waals surface area contributed by atoms with Gasteiger partial charge in [-0.15, -0.1) is 0 Å². The largest absolute Gasteiger partial charge is 0.309 e. The first-order chi connectivity index (χ1) is 37.7. The van der Waals surface area contributed by atoms with E-state index in [-0.39, 0.29) is 5.92 Å². The topological polar surface area (TPSA) is 27.7 Å². The number of pyridine rings is 1. The number of rotatable bonds is 7. The lowest BCUT2D eigenvalue weighted by Gasteiger charge is -2.22. The second-order valence-corrected chi connectivity index (χ2v) is 20.2. The molecule has 4 aromatic heterocycles. The third-order valence-corrected chi connectivity index (χ3v) is 16.1. The van der Waals surface area contributed by atoms with E-state index in [0.29, 0.717) is 0 Å². The summed E-state index contributed by atoms with van der Waals surface area (Å²) in [6, 6.07) is 100.